The average molecular weight is 1350 g/mol. The number of aromatic hydroxyl groups is 12. The fourth-order valence-corrected chi connectivity index (χ4v) is 5.51. The van der Waals surface area contributed by atoms with Crippen molar-refractivity contribution in [2.75, 3.05) is 0 Å². The molecule has 0 fully saturated rings. The van der Waals surface area contributed by atoms with Crippen molar-refractivity contribution < 1.29 is 104 Å². The third kappa shape index (κ3) is 32.5. The summed E-state index contributed by atoms with van der Waals surface area (Å²) in [5.74, 6) is -11.6. The van der Waals surface area contributed by atoms with Gasteiger partial charge in [0.2, 0.25) is 0 Å². The molecule has 0 amide bonds. The van der Waals surface area contributed by atoms with Crippen LogP contribution in [0.5, 0.6) is 69.0 Å². The van der Waals surface area contributed by atoms with Crippen LogP contribution < -0.4 is 0 Å². The molecule has 0 spiro atoms. The third-order valence-electron chi connectivity index (χ3n) is 9.64. The quantitative estimate of drug-likeness (QED) is 0.0225. The summed E-state index contributed by atoms with van der Waals surface area (Å²) in [6.07, 6.45) is 6.67. The number of benzene rings is 5. The number of hydrogen-bond acceptors (Lipinski definition) is 21. The lowest BCUT2D eigenvalue weighted by atomic mass is 10.0. The van der Waals surface area contributed by atoms with Crippen LogP contribution in [-0.2, 0) is 24.0 Å². The van der Waals surface area contributed by atoms with E-state index < -0.39 is 92.1 Å². The Morgan fingerprint density at radius 1 is 0.361 bits per heavy atom. The number of carbonyl (C=O) groups is 9. The number of hydrogen-bond donors (Lipinski definition) is 12. The van der Waals surface area contributed by atoms with E-state index >= 15 is 0 Å². The van der Waals surface area contributed by atoms with E-state index in [1.54, 1.807) is 0 Å². The first-order valence-electron chi connectivity index (χ1n) is 23.4. The van der Waals surface area contributed by atoms with E-state index in [-0.39, 0.29) is 61.8 Å². The molecule has 0 saturated heterocycles. The number of carbonyl (C=O) groups excluding carboxylic acids is 9. The minimum atomic E-state index is -0.776. The molecular formula is C58H66BBr3O21. The number of ketones is 9. The molecule has 83 heavy (non-hydrogen) atoms. The number of rotatable bonds is 13. The highest BCUT2D eigenvalue weighted by atomic mass is 79.9. The maximum absolute atomic E-state index is 11.9. The summed E-state index contributed by atoms with van der Waals surface area (Å²) in [4.78, 5) is 97.7. The lowest BCUT2D eigenvalue weighted by Gasteiger charge is -2.04. The van der Waals surface area contributed by atoms with Crippen LogP contribution in [0.2, 0.25) is 0 Å². The van der Waals surface area contributed by atoms with Crippen molar-refractivity contribution in [3.05, 3.63) is 142 Å². The Kier molecular flexibility index (Phi) is 37.0. The SMILES string of the molecule is BrB(Br)Br.C.CC(=O)/C=C/C(C)=O.CC(=O)CCC(C)=O.CC(C)=O.Cc1cc(C)c(C)c(C)c1.O=C(/C=C/C(=O)c1cc(O)c(O)c(O)c1)c1cc(O)c(O)c(O)c1.O=C(/C=C\C(=O)c1cc(O)c(O)c(O)c1)c1cc(O)c(O)c(O)c1. The van der Waals surface area contributed by atoms with Crippen LogP contribution >= 0.6 is 47.3 Å². The van der Waals surface area contributed by atoms with Gasteiger partial charge in [-0.05, 0) is 171 Å². The highest BCUT2D eigenvalue weighted by Crippen LogP contribution is 2.38. The van der Waals surface area contributed by atoms with Crippen LogP contribution in [0, 0.1) is 27.7 Å². The van der Waals surface area contributed by atoms with Crippen LogP contribution in [-0.4, -0.2) is 117 Å². The van der Waals surface area contributed by atoms with Crippen molar-refractivity contribution in [3.63, 3.8) is 0 Å². The summed E-state index contributed by atoms with van der Waals surface area (Å²) in [5, 5.41) is 112. The smallest absolute Gasteiger partial charge is 0.369 e. The fourth-order valence-electron chi connectivity index (χ4n) is 5.51. The zero-order valence-electron chi connectivity index (χ0n) is 45.9. The molecule has 0 aliphatic carbocycles. The molecule has 0 heterocycles. The molecule has 25 heteroatoms. The van der Waals surface area contributed by atoms with Crippen LogP contribution in [0.3, 0.4) is 0 Å². The van der Waals surface area contributed by atoms with E-state index in [9.17, 15) is 104 Å². The lowest BCUT2D eigenvalue weighted by molar-refractivity contribution is -0.122. The Labute approximate surface area is 504 Å². The third-order valence-corrected chi connectivity index (χ3v) is 9.64. The molecule has 5 rings (SSSR count). The summed E-state index contributed by atoms with van der Waals surface area (Å²) < 4.78 is 0.271. The molecule has 448 valence electrons. The molecule has 0 saturated carbocycles. The molecule has 0 bridgehead atoms. The summed E-state index contributed by atoms with van der Waals surface area (Å²) >= 11 is 9.31. The molecule has 5 aromatic rings. The largest absolute Gasteiger partial charge is 0.504 e. The van der Waals surface area contributed by atoms with Crippen molar-refractivity contribution in [1.82, 2.24) is 0 Å². The van der Waals surface area contributed by atoms with Gasteiger partial charge in [-0.3, -0.25) is 28.8 Å². The van der Waals surface area contributed by atoms with E-state index in [0.29, 0.717) is 12.8 Å². The van der Waals surface area contributed by atoms with Crippen LogP contribution in [0.25, 0.3) is 0 Å². The predicted molar refractivity (Wildman–Crippen MR) is 323 cm³/mol. The second kappa shape index (κ2) is 39.0. The summed E-state index contributed by atoms with van der Waals surface area (Å²) in [5.41, 5.74) is 4.87. The Morgan fingerprint density at radius 3 is 0.675 bits per heavy atom. The number of Topliss-reactive ketones (excluding diaryl/α,β-unsaturated/α-hetero) is 3. The number of allylic oxidation sites excluding steroid dienone is 6. The summed E-state index contributed by atoms with van der Waals surface area (Å²) in [6.45, 7) is 17.5. The van der Waals surface area contributed by atoms with Crippen LogP contribution in [0.15, 0.2) is 97.1 Å². The van der Waals surface area contributed by atoms with Gasteiger partial charge in [0.25, 0.3) is 0 Å². The minimum absolute atomic E-state index is 0. The maximum atomic E-state index is 11.9. The van der Waals surface area contributed by atoms with E-state index in [1.807, 2.05) is 0 Å². The van der Waals surface area contributed by atoms with E-state index in [1.165, 1.54) is 75.9 Å². The second-order valence-electron chi connectivity index (χ2n) is 17.2. The van der Waals surface area contributed by atoms with Gasteiger partial charge >= 0.3 is 3.18 Å². The molecule has 0 aliphatic rings. The lowest BCUT2D eigenvalue weighted by Crippen LogP contribution is -1.98. The highest BCUT2D eigenvalue weighted by Gasteiger charge is 2.16. The maximum Gasteiger partial charge on any atom is 0.369 e. The molecule has 0 aromatic heterocycles. The number of phenols is 12. The average Bonchev–Trinajstić information content (AvgIpc) is 3.38. The molecule has 0 unspecified atom stereocenters. The first kappa shape index (κ1) is 78.7. The van der Waals surface area contributed by atoms with Gasteiger partial charge < -0.3 is 75.7 Å². The number of halogens is 3. The van der Waals surface area contributed by atoms with Gasteiger partial charge in [0.05, 0.1) is 0 Å². The van der Waals surface area contributed by atoms with Gasteiger partial charge in [0.15, 0.2) is 104 Å². The van der Waals surface area contributed by atoms with Crippen molar-refractivity contribution in [2.24, 2.45) is 0 Å². The monoisotopic (exact) mass is 1350 g/mol. The van der Waals surface area contributed by atoms with Crippen molar-refractivity contribution in [1.29, 1.82) is 0 Å². The molecule has 0 radical (unpaired) electrons. The predicted octanol–water partition coefficient (Wildman–Crippen LogP) is 11.1. The Morgan fingerprint density at radius 2 is 0.530 bits per heavy atom. The zero-order chi connectivity index (χ0) is 64.0. The normalized spacial score (nSPS) is 9.89. The van der Waals surface area contributed by atoms with Crippen LogP contribution in [0.4, 0.5) is 0 Å². The van der Waals surface area contributed by atoms with Crippen LogP contribution in [0.1, 0.15) is 125 Å². The Balaban J connectivity index is -0.000000998. The molecular weight excluding hydrogens is 1280 g/mol. The molecule has 5 aromatic carbocycles. The zero-order valence-corrected chi connectivity index (χ0v) is 50.7. The summed E-state index contributed by atoms with van der Waals surface area (Å²) in [7, 11) is 0. The van der Waals surface area contributed by atoms with Gasteiger partial charge in [-0.1, -0.05) is 25.1 Å². The van der Waals surface area contributed by atoms with Crippen molar-refractivity contribution in [2.45, 2.75) is 89.5 Å². The van der Waals surface area contributed by atoms with Gasteiger partial charge in [0.1, 0.15) is 17.3 Å². The number of phenolic OH excluding ortho intramolecular Hbond substituents is 12. The first-order valence-corrected chi connectivity index (χ1v) is 26.1. The molecule has 12 N–H and O–H groups in total. The fraction of sp³-hybridized carbons (Fsp3) is 0.224. The Hall–Kier alpha value is -8.55. The topological polar surface area (TPSA) is 396 Å². The van der Waals surface area contributed by atoms with E-state index in [4.69, 9.17) is 0 Å². The Bertz CT molecular complexity index is 2790. The number of aryl methyl sites for hydroxylation is 3. The second-order valence-corrected chi connectivity index (χ2v) is 23.6. The van der Waals surface area contributed by atoms with Crippen molar-refractivity contribution >= 4 is 103 Å². The van der Waals surface area contributed by atoms with E-state index in [2.05, 4.69) is 87.1 Å². The molecule has 0 atom stereocenters. The van der Waals surface area contributed by atoms with E-state index in [0.717, 1.165) is 72.8 Å². The van der Waals surface area contributed by atoms with Gasteiger partial charge in [-0.25, -0.2) is 0 Å². The minimum Gasteiger partial charge on any atom is -0.504 e. The van der Waals surface area contributed by atoms with Gasteiger partial charge in [-0.2, -0.15) is 0 Å². The summed E-state index contributed by atoms with van der Waals surface area (Å²) in [6, 6.07) is 11.7. The molecule has 0 aliphatic heterocycles. The first-order chi connectivity index (χ1) is 37.7. The molecule has 21 nitrogen and oxygen atoms in total. The van der Waals surface area contributed by atoms with Crippen molar-refractivity contribution in [3.8, 4) is 69.0 Å². The van der Waals surface area contributed by atoms with Gasteiger partial charge in [0, 0.05) is 35.1 Å². The highest BCUT2D eigenvalue weighted by molar-refractivity contribution is 9.69. The standard InChI is InChI=1S/2C16H12O8.C10H14.C6H10O2.C6H8O2.C3H6O.CH4.BBr3/c2*17-9(7-3-11(19)15(23)12(20)4-7)1-2-10(18)8-5-13(21)16(24)14(22)6-8;1-7-5-8(2)10(4)9(3)6-7;2*1-5(7)3-4-6(2)8;1-3(2)4;;2-1(3)4/h2*1-6,19-24H;5-6H,1-4H3;3-4H2,1-2H3;3-4H,1-2H3;1-2H3;1H4;/b2-1+;2-1-;;;4-3+;;;. The van der Waals surface area contributed by atoms with Gasteiger partial charge in [-0.15, -0.1) is 47.3 Å².